The molecule has 88 valence electrons. The van der Waals surface area contributed by atoms with Gasteiger partial charge in [-0.15, -0.1) is 0 Å². The Balaban J connectivity index is 2.46. The van der Waals surface area contributed by atoms with Crippen LogP contribution in [0.3, 0.4) is 0 Å². The van der Waals surface area contributed by atoms with Gasteiger partial charge in [-0.05, 0) is 37.5 Å². The van der Waals surface area contributed by atoms with Crippen LogP contribution in [0.4, 0.5) is 0 Å². The lowest BCUT2D eigenvalue weighted by molar-refractivity contribution is -0.140. The zero-order valence-electron chi connectivity index (χ0n) is 9.54. The fraction of sp³-hybridized carbons (Fsp3) is 0.917. The van der Waals surface area contributed by atoms with Crippen molar-refractivity contribution in [1.29, 1.82) is 0 Å². The topological polar surface area (TPSA) is 57.5 Å². The summed E-state index contributed by atoms with van der Waals surface area (Å²) in [6, 6.07) is 0. The van der Waals surface area contributed by atoms with Crippen molar-refractivity contribution in [3.8, 4) is 0 Å². The van der Waals surface area contributed by atoms with Gasteiger partial charge in [-0.2, -0.15) is 0 Å². The normalized spacial score (nSPS) is 21.5. The summed E-state index contributed by atoms with van der Waals surface area (Å²) >= 11 is 0. The third kappa shape index (κ3) is 3.82. The van der Waals surface area contributed by atoms with Crippen LogP contribution in [-0.4, -0.2) is 22.3 Å². The van der Waals surface area contributed by atoms with Crippen LogP contribution < -0.4 is 0 Å². The number of carbonyl (C=O) groups is 1. The van der Waals surface area contributed by atoms with Gasteiger partial charge in [0.25, 0.3) is 0 Å². The first kappa shape index (κ1) is 12.5. The Bertz CT molecular complexity index is 207. The average molecular weight is 214 g/mol. The van der Waals surface area contributed by atoms with Gasteiger partial charge in [-0.1, -0.05) is 19.8 Å². The number of hydrogen-bond donors (Lipinski definition) is 2. The molecule has 0 saturated heterocycles. The van der Waals surface area contributed by atoms with E-state index in [-0.39, 0.29) is 17.9 Å². The van der Waals surface area contributed by atoms with Gasteiger partial charge in [-0.3, -0.25) is 4.79 Å². The van der Waals surface area contributed by atoms with Crippen LogP contribution in [0, 0.1) is 5.41 Å². The molecule has 15 heavy (non-hydrogen) atoms. The number of aliphatic carboxylic acids is 1. The van der Waals surface area contributed by atoms with Crippen LogP contribution in [-0.2, 0) is 4.79 Å². The van der Waals surface area contributed by atoms with Crippen LogP contribution >= 0.6 is 0 Å². The van der Waals surface area contributed by atoms with Crippen molar-refractivity contribution in [2.75, 3.05) is 0 Å². The van der Waals surface area contributed by atoms with E-state index in [1.807, 2.05) is 6.92 Å². The first-order chi connectivity index (χ1) is 7.08. The second-order valence-corrected chi connectivity index (χ2v) is 4.88. The molecule has 1 aliphatic rings. The molecule has 0 amide bonds. The van der Waals surface area contributed by atoms with E-state index in [1.165, 1.54) is 0 Å². The lowest BCUT2D eigenvalue weighted by Crippen LogP contribution is -2.23. The molecular formula is C12H22O3. The van der Waals surface area contributed by atoms with Crippen molar-refractivity contribution < 1.29 is 15.0 Å². The molecule has 3 nitrogen and oxygen atoms in total. The fourth-order valence-electron chi connectivity index (χ4n) is 2.64. The van der Waals surface area contributed by atoms with Gasteiger partial charge >= 0.3 is 5.97 Å². The van der Waals surface area contributed by atoms with Crippen LogP contribution in [0.1, 0.15) is 58.3 Å². The number of aliphatic hydroxyl groups is 1. The highest BCUT2D eigenvalue weighted by molar-refractivity contribution is 5.67. The Morgan fingerprint density at radius 2 is 2.00 bits per heavy atom. The number of rotatable bonds is 6. The molecule has 1 atom stereocenters. The molecular weight excluding hydrogens is 192 g/mol. The molecule has 0 spiro atoms. The van der Waals surface area contributed by atoms with Crippen LogP contribution in [0.5, 0.6) is 0 Å². The van der Waals surface area contributed by atoms with Gasteiger partial charge in [0.15, 0.2) is 0 Å². The summed E-state index contributed by atoms with van der Waals surface area (Å²) in [5.74, 6) is -0.692. The van der Waals surface area contributed by atoms with Gasteiger partial charge in [0.05, 0.1) is 12.5 Å². The molecule has 1 fully saturated rings. The number of hydrogen-bond acceptors (Lipinski definition) is 2. The molecule has 0 radical (unpaired) electrons. The van der Waals surface area contributed by atoms with Crippen molar-refractivity contribution in [3.05, 3.63) is 0 Å². The molecule has 1 unspecified atom stereocenters. The first-order valence-corrected chi connectivity index (χ1v) is 5.98. The van der Waals surface area contributed by atoms with E-state index >= 15 is 0 Å². The SMILES string of the molecule is CCC(O)CCC1(CC(=O)O)CCCC1. The van der Waals surface area contributed by atoms with Crippen molar-refractivity contribution in [2.45, 2.75) is 64.4 Å². The van der Waals surface area contributed by atoms with Crippen molar-refractivity contribution in [1.82, 2.24) is 0 Å². The van der Waals surface area contributed by atoms with E-state index in [2.05, 4.69) is 0 Å². The predicted octanol–water partition coefficient (Wildman–Crippen LogP) is 2.57. The van der Waals surface area contributed by atoms with Gasteiger partial charge < -0.3 is 10.2 Å². The number of carboxylic acids is 1. The van der Waals surface area contributed by atoms with Crippen LogP contribution in [0.2, 0.25) is 0 Å². The van der Waals surface area contributed by atoms with E-state index < -0.39 is 5.97 Å². The Morgan fingerprint density at radius 3 is 2.47 bits per heavy atom. The number of aliphatic hydroxyl groups excluding tert-OH is 1. The molecule has 1 saturated carbocycles. The molecule has 0 bridgehead atoms. The summed E-state index contributed by atoms with van der Waals surface area (Å²) < 4.78 is 0. The Kier molecular flexibility index (Phi) is 4.58. The molecule has 1 rings (SSSR count). The minimum atomic E-state index is -0.692. The first-order valence-electron chi connectivity index (χ1n) is 5.98. The van der Waals surface area contributed by atoms with Crippen LogP contribution in [0.15, 0.2) is 0 Å². The van der Waals surface area contributed by atoms with Gasteiger partial charge in [0.2, 0.25) is 0 Å². The molecule has 0 aromatic carbocycles. The van der Waals surface area contributed by atoms with Gasteiger partial charge in [0, 0.05) is 0 Å². The van der Waals surface area contributed by atoms with Gasteiger partial charge in [-0.25, -0.2) is 0 Å². The summed E-state index contributed by atoms with van der Waals surface area (Å²) in [6.45, 7) is 1.96. The summed E-state index contributed by atoms with van der Waals surface area (Å²) in [4.78, 5) is 10.8. The Morgan fingerprint density at radius 1 is 1.40 bits per heavy atom. The average Bonchev–Trinajstić information content (AvgIpc) is 2.62. The smallest absolute Gasteiger partial charge is 0.303 e. The summed E-state index contributed by atoms with van der Waals surface area (Å²) in [5.41, 5.74) is -0.0119. The van der Waals surface area contributed by atoms with Gasteiger partial charge in [0.1, 0.15) is 0 Å². The quantitative estimate of drug-likeness (QED) is 0.714. The largest absolute Gasteiger partial charge is 0.481 e. The lowest BCUT2D eigenvalue weighted by Gasteiger charge is -2.28. The summed E-state index contributed by atoms with van der Waals surface area (Å²) in [7, 11) is 0. The molecule has 2 N–H and O–H groups in total. The van der Waals surface area contributed by atoms with E-state index in [0.717, 1.165) is 44.9 Å². The maximum Gasteiger partial charge on any atom is 0.303 e. The minimum Gasteiger partial charge on any atom is -0.481 e. The second kappa shape index (κ2) is 5.50. The highest BCUT2D eigenvalue weighted by Gasteiger charge is 2.35. The third-order valence-electron chi connectivity index (χ3n) is 3.67. The fourth-order valence-corrected chi connectivity index (χ4v) is 2.64. The zero-order valence-corrected chi connectivity index (χ0v) is 9.54. The minimum absolute atomic E-state index is 0.0119. The lowest BCUT2D eigenvalue weighted by atomic mass is 9.78. The standard InChI is InChI=1S/C12H22O3/c1-2-10(13)5-8-12(9-11(14)15)6-3-4-7-12/h10,13H,2-9H2,1H3,(H,14,15). The molecule has 3 heteroatoms. The molecule has 0 aromatic heterocycles. The Labute approximate surface area is 91.5 Å². The third-order valence-corrected chi connectivity index (χ3v) is 3.67. The second-order valence-electron chi connectivity index (χ2n) is 4.88. The maximum atomic E-state index is 10.8. The van der Waals surface area contributed by atoms with Crippen molar-refractivity contribution >= 4 is 5.97 Å². The van der Waals surface area contributed by atoms with E-state index in [1.54, 1.807) is 0 Å². The predicted molar refractivity (Wildman–Crippen MR) is 58.7 cm³/mol. The summed E-state index contributed by atoms with van der Waals surface area (Å²) in [6.07, 6.45) is 6.76. The molecule has 0 heterocycles. The van der Waals surface area contributed by atoms with Crippen molar-refractivity contribution in [2.24, 2.45) is 5.41 Å². The number of carboxylic acid groups (broad SMARTS) is 1. The van der Waals surface area contributed by atoms with E-state index in [4.69, 9.17) is 5.11 Å². The Hall–Kier alpha value is -0.570. The van der Waals surface area contributed by atoms with Crippen molar-refractivity contribution in [3.63, 3.8) is 0 Å². The van der Waals surface area contributed by atoms with Crippen LogP contribution in [0.25, 0.3) is 0 Å². The molecule has 1 aliphatic carbocycles. The molecule has 0 aliphatic heterocycles. The van der Waals surface area contributed by atoms with E-state index in [9.17, 15) is 9.90 Å². The maximum absolute atomic E-state index is 10.8. The zero-order chi connectivity index (χ0) is 11.3. The van der Waals surface area contributed by atoms with E-state index in [0.29, 0.717) is 0 Å². The summed E-state index contributed by atoms with van der Waals surface area (Å²) in [5, 5.41) is 18.4. The molecule has 0 aromatic rings. The highest BCUT2D eigenvalue weighted by Crippen LogP contribution is 2.45. The highest BCUT2D eigenvalue weighted by atomic mass is 16.4. The monoisotopic (exact) mass is 214 g/mol.